The first-order chi connectivity index (χ1) is 20.2. The fourth-order valence-electron chi connectivity index (χ4n) is 6.24. The molecule has 1 saturated carbocycles. The molecule has 0 radical (unpaired) electrons. The first kappa shape index (κ1) is 28.0. The van der Waals surface area contributed by atoms with Gasteiger partial charge in [0.25, 0.3) is 5.91 Å². The summed E-state index contributed by atoms with van der Waals surface area (Å²) in [5.74, 6) is -0.185. The van der Waals surface area contributed by atoms with E-state index in [2.05, 4.69) is 54.5 Å². The molecule has 222 valence electrons. The molecule has 2 saturated heterocycles. The largest absolute Gasteiger partial charge is 0.481 e. The van der Waals surface area contributed by atoms with Gasteiger partial charge in [-0.3, -0.25) is 14.7 Å². The number of nitrogens with zero attached hydrogens (tertiary/aromatic N) is 6. The SMILES string of the molecule is COc1cc(-c2cc(C(=O)N3CCC(C(=O)NCc4ncc(N5CC(C)NC(C)C5)cn4)CC34CC4)[nH]n2)c(F)cn1. The van der Waals surface area contributed by atoms with Gasteiger partial charge in [-0.25, -0.2) is 19.3 Å². The van der Waals surface area contributed by atoms with Crippen molar-refractivity contribution in [1.29, 1.82) is 0 Å². The van der Waals surface area contributed by atoms with E-state index in [-0.39, 0.29) is 47.0 Å². The van der Waals surface area contributed by atoms with Gasteiger partial charge in [-0.15, -0.1) is 0 Å². The standard InChI is InChI=1S/C29H36FN9O3/c1-17-15-38(16-18(2)35-17)20-11-31-25(32-12-20)14-34-27(40)19-4-7-39(29(10-19)5-6-29)28(41)24-9-23(36-37-24)21-8-26(42-3)33-13-22(21)30/h8-9,11-13,17-19,35H,4-7,10,14-16H2,1-3H3,(H,34,40)(H,36,37). The molecule has 3 N–H and O–H groups in total. The summed E-state index contributed by atoms with van der Waals surface area (Å²) in [7, 11) is 1.45. The molecular formula is C29H36FN9O3. The number of amides is 2. The summed E-state index contributed by atoms with van der Waals surface area (Å²) in [6.07, 6.45) is 7.54. The highest BCUT2D eigenvalue weighted by Crippen LogP contribution is 2.50. The Kier molecular flexibility index (Phi) is 7.52. The van der Waals surface area contributed by atoms with E-state index in [1.54, 1.807) is 6.07 Å². The van der Waals surface area contributed by atoms with Crippen LogP contribution in [0.2, 0.25) is 0 Å². The van der Waals surface area contributed by atoms with Crippen molar-refractivity contribution in [2.24, 2.45) is 5.92 Å². The average Bonchev–Trinajstić information content (AvgIpc) is 3.56. The van der Waals surface area contributed by atoms with Gasteiger partial charge in [0, 0.05) is 54.8 Å². The van der Waals surface area contributed by atoms with Crippen LogP contribution in [0.1, 0.15) is 55.8 Å². The van der Waals surface area contributed by atoms with Crippen LogP contribution < -0.4 is 20.3 Å². The molecule has 1 aliphatic carbocycles. The summed E-state index contributed by atoms with van der Waals surface area (Å²) in [4.78, 5) is 43.5. The van der Waals surface area contributed by atoms with E-state index in [0.29, 0.717) is 43.0 Å². The monoisotopic (exact) mass is 577 g/mol. The molecule has 1 spiro atoms. The molecule has 13 heteroatoms. The van der Waals surface area contributed by atoms with Gasteiger partial charge < -0.3 is 25.2 Å². The molecule has 0 aromatic carbocycles. The minimum Gasteiger partial charge on any atom is -0.481 e. The van der Waals surface area contributed by atoms with Gasteiger partial charge in [0.2, 0.25) is 11.8 Å². The van der Waals surface area contributed by atoms with Crippen LogP contribution in [0.4, 0.5) is 10.1 Å². The lowest BCUT2D eigenvalue weighted by Crippen LogP contribution is -2.54. The first-order valence-electron chi connectivity index (χ1n) is 14.4. The second-order valence-corrected chi connectivity index (χ2v) is 11.7. The van der Waals surface area contributed by atoms with E-state index in [1.807, 2.05) is 17.3 Å². The molecule has 3 aliphatic rings. The predicted octanol–water partition coefficient (Wildman–Crippen LogP) is 2.30. The molecule has 0 bridgehead atoms. The van der Waals surface area contributed by atoms with Gasteiger partial charge in [0.15, 0.2) is 5.82 Å². The third-order valence-electron chi connectivity index (χ3n) is 8.50. The summed E-state index contributed by atoms with van der Waals surface area (Å²) < 4.78 is 19.5. The topological polar surface area (TPSA) is 141 Å². The minimum absolute atomic E-state index is 0.0447. The Bertz CT molecular complexity index is 1450. The number of pyridine rings is 1. The van der Waals surface area contributed by atoms with Crippen molar-refractivity contribution in [3.05, 3.63) is 48.1 Å². The summed E-state index contributed by atoms with van der Waals surface area (Å²) in [5.41, 5.74) is 1.40. The maximum Gasteiger partial charge on any atom is 0.272 e. The number of aromatic nitrogens is 5. The number of carbonyl (C=O) groups excluding carboxylic acids is 2. The van der Waals surface area contributed by atoms with Gasteiger partial charge in [-0.05, 0) is 45.6 Å². The average molecular weight is 578 g/mol. The zero-order valence-corrected chi connectivity index (χ0v) is 24.1. The van der Waals surface area contributed by atoms with Crippen LogP contribution in [0.5, 0.6) is 5.88 Å². The number of piperidine rings is 1. The number of carbonyl (C=O) groups is 2. The third-order valence-corrected chi connectivity index (χ3v) is 8.50. The van der Waals surface area contributed by atoms with Crippen molar-refractivity contribution in [3.8, 4) is 17.1 Å². The number of methoxy groups -OCH3 is 1. The molecule has 3 aromatic heterocycles. The van der Waals surface area contributed by atoms with Crippen LogP contribution >= 0.6 is 0 Å². The number of piperazine rings is 1. The number of likely N-dealkylation sites (tertiary alicyclic amines) is 1. The second-order valence-electron chi connectivity index (χ2n) is 11.7. The van der Waals surface area contributed by atoms with E-state index in [0.717, 1.165) is 37.8 Å². The maximum absolute atomic E-state index is 14.4. The lowest BCUT2D eigenvalue weighted by molar-refractivity contribution is -0.127. The molecule has 3 unspecified atom stereocenters. The van der Waals surface area contributed by atoms with Crippen LogP contribution in [-0.2, 0) is 11.3 Å². The molecular weight excluding hydrogens is 541 g/mol. The van der Waals surface area contributed by atoms with E-state index in [1.165, 1.54) is 13.2 Å². The van der Waals surface area contributed by atoms with Crippen LogP contribution in [0.25, 0.3) is 11.3 Å². The molecule has 2 amide bonds. The summed E-state index contributed by atoms with van der Waals surface area (Å²) >= 11 is 0. The normalized spacial score (nSPS) is 23.1. The first-order valence-corrected chi connectivity index (χ1v) is 14.4. The molecule has 3 fully saturated rings. The molecule has 5 heterocycles. The summed E-state index contributed by atoms with van der Waals surface area (Å²) in [5, 5.41) is 13.4. The van der Waals surface area contributed by atoms with Crippen molar-refractivity contribution in [1.82, 2.24) is 40.7 Å². The van der Waals surface area contributed by atoms with Crippen LogP contribution in [0, 0.1) is 11.7 Å². The van der Waals surface area contributed by atoms with Crippen molar-refractivity contribution in [3.63, 3.8) is 0 Å². The number of H-pyrrole nitrogens is 1. The fourth-order valence-corrected chi connectivity index (χ4v) is 6.24. The van der Waals surface area contributed by atoms with Crippen molar-refractivity contribution in [2.45, 2.75) is 63.7 Å². The smallest absolute Gasteiger partial charge is 0.272 e. The lowest BCUT2D eigenvalue weighted by atomic mass is 9.88. The van der Waals surface area contributed by atoms with Crippen LogP contribution in [0.15, 0.2) is 30.7 Å². The Morgan fingerprint density at radius 3 is 2.55 bits per heavy atom. The molecule has 3 atom stereocenters. The quantitative estimate of drug-likeness (QED) is 0.386. The number of anilines is 1. The molecule has 12 nitrogen and oxygen atoms in total. The molecule has 42 heavy (non-hydrogen) atoms. The van der Waals surface area contributed by atoms with Gasteiger partial charge in [0.05, 0.1) is 43.6 Å². The zero-order chi connectivity index (χ0) is 29.4. The summed E-state index contributed by atoms with van der Waals surface area (Å²) in [6.45, 7) is 6.83. The van der Waals surface area contributed by atoms with Gasteiger partial charge in [-0.1, -0.05) is 0 Å². The fraction of sp³-hybridized carbons (Fsp3) is 0.517. The Morgan fingerprint density at radius 2 is 1.86 bits per heavy atom. The summed E-state index contributed by atoms with van der Waals surface area (Å²) in [6, 6.07) is 3.77. The number of hydrogen-bond donors (Lipinski definition) is 3. The van der Waals surface area contributed by atoms with Gasteiger partial charge >= 0.3 is 0 Å². The number of rotatable bonds is 7. The highest BCUT2D eigenvalue weighted by molar-refractivity contribution is 5.94. The zero-order valence-electron chi connectivity index (χ0n) is 24.1. The molecule has 2 aliphatic heterocycles. The molecule has 6 rings (SSSR count). The lowest BCUT2D eigenvalue weighted by Gasteiger charge is -2.39. The number of aromatic amines is 1. The maximum atomic E-state index is 14.4. The Hall–Kier alpha value is -4.13. The van der Waals surface area contributed by atoms with Crippen LogP contribution in [0.3, 0.4) is 0 Å². The Balaban J connectivity index is 1.04. The van der Waals surface area contributed by atoms with E-state index >= 15 is 0 Å². The number of nitrogens with one attached hydrogen (secondary N) is 3. The van der Waals surface area contributed by atoms with Crippen molar-refractivity contribution < 1.29 is 18.7 Å². The third kappa shape index (κ3) is 5.65. The van der Waals surface area contributed by atoms with Crippen molar-refractivity contribution >= 4 is 17.5 Å². The van der Waals surface area contributed by atoms with E-state index < -0.39 is 5.82 Å². The second kappa shape index (κ2) is 11.3. The van der Waals surface area contributed by atoms with E-state index in [4.69, 9.17) is 4.74 Å². The van der Waals surface area contributed by atoms with Gasteiger partial charge in [-0.2, -0.15) is 5.10 Å². The Labute approximate surface area is 243 Å². The number of ether oxygens (including phenoxy) is 1. The van der Waals surface area contributed by atoms with Crippen LogP contribution in [-0.4, -0.2) is 86.2 Å². The Morgan fingerprint density at radius 1 is 1.12 bits per heavy atom. The van der Waals surface area contributed by atoms with E-state index in [9.17, 15) is 14.0 Å². The predicted molar refractivity (Wildman–Crippen MR) is 152 cm³/mol. The molecule has 3 aromatic rings. The van der Waals surface area contributed by atoms with Gasteiger partial charge in [0.1, 0.15) is 11.5 Å². The highest BCUT2D eigenvalue weighted by atomic mass is 19.1. The number of hydrogen-bond acceptors (Lipinski definition) is 9. The van der Waals surface area contributed by atoms with Crippen molar-refractivity contribution in [2.75, 3.05) is 31.6 Å². The highest BCUT2D eigenvalue weighted by Gasteiger charge is 2.54. The number of halogens is 1. The minimum atomic E-state index is -0.558.